The van der Waals surface area contributed by atoms with Gasteiger partial charge >= 0.3 is 6.18 Å². The monoisotopic (exact) mass is 330 g/mol. The lowest BCUT2D eigenvalue weighted by Crippen LogP contribution is -2.24. The summed E-state index contributed by atoms with van der Waals surface area (Å²) in [5.41, 5.74) is 0.470. The van der Waals surface area contributed by atoms with Gasteiger partial charge in [-0.25, -0.2) is 4.39 Å². The molecule has 1 unspecified atom stereocenters. The number of alkyl halides is 3. The van der Waals surface area contributed by atoms with Crippen LogP contribution in [0.4, 0.5) is 17.6 Å². The number of benzene rings is 1. The fourth-order valence-electron chi connectivity index (χ4n) is 1.32. The number of halogens is 5. The highest BCUT2D eigenvalue weighted by atomic mass is 79.9. The summed E-state index contributed by atoms with van der Waals surface area (Å²) in [4.78, 5) is 0. The molecule has 0 aliphatic carbocycles. The van der Waals surface area contributed by atoms with Crippen molar-refractivity contribution in [3.05, 3.63) is 34.1 Å². The van der Waals surface area contributed by atoms with Gasteiger partial charge in [-0.1, -0.05) is 15.9 Å². The summed E-state index contributed by atoms with van der Waals surface area (Å²) < 4.78 is 53.2. The highest BCUT2D eigenvalue weighted by Gasteiger charge is 2.27. The Morgan fingerprint density at radius 3 is 2.61 bits per heavy atom. The van der Waals surface area contributed by atoms with E-state index in [-0.39, 0.29) is 6.42 Å². The average Bonchev–Trinajstić information content (AvgIpc) is 2.21. The zero-order chi connectivity index (χ0) is 13.8. The highest BCUT2D eigenvalue weighted by molar-refractivity contribution is 9.10. The Kier molecular flexibility index (Phi) is 5.55. The fraction of sp³-hybridized carbons (Fsp3) is 0.455. The highest BCUT2D eigenvalue weighted by Crippen LogP contribution is 2.20. The third-order valence-electron chi connectivity index (χ3n) is 2.04. The zero-order valence-corrected chi connectivity index (χ0v) is 10.8. The Balaban J connectivity index is 2.44. The predicted molar refractivity (Wildman–Crippen MR) is 60.7 cm³/mol. The quantitative estimate of drug-likeness (QED) is 0.841. The minimum absolute atomic E-state index is 0.0101. The smallest absolute Gasteiger partial charge is 0.390 e. The third kappa shape index (κ3) is 5.79. The minimum atomic E-state index is -4.42. The molecule has 0 saturated carbocycles. The molecule has 0 aliphatic rings. The molecule has 1 atom stereocenters. The first kappa shape index (κ1) is 15.4. The largest absolute Gasteiger partial charge is 0.411 e. The van der Waals surface area contributed by atoms with Crippen molar-refractivity contribution < 1.29 is 27.4 Å². The lowest BCUT2D eigenvalue weighted by Gasteiger charge is -2.13. The maximum Gasteiger partial charge on any atom is 0.411 e. The van der Waals surface area contributed by atoms with E-state index >= 15 is 0 Å². The van der Waals surface area contributed by atoms with Gasteiger partial charge in [0.2, 0.25) is 0 Å². The summed E-state index contributed by atoms with van der Waals surface area (Å²) in [6, 6.07) is 3.91. The molecule has 0 heterocycles. The molecular weight excluding hydrogens is 320 g/mol. The second-order valence-electron chi connectivity index (χ2n) is 3.72. The summed E-state index contributed by atoms with van der Waals surface area (Å²) in [7, 11) is 0. The van der Waals surface area contributed by atoms with Crippen LogP contribution >= 0.6 is 15.9 Å². The lowest BCUT2D eigenvalue weighted by atomic mass is 10.1. The standard InChI is InChI=1S/C11H11BrF4O2/c12-10-2-1-8(13)3-7(10)4-9(17)5-18-6-11(14,15)16/h1-3,9,17H,4-6H2. The first-order valence-electron chi connectivity index (χ1n) is 5.04. The first-order chi connectivity index (χ1) is 8.28. The van der Waals surface area contributed by atoms with E-state index in [2.05, 4.69) is 20.7 Å². The topological polar surface area (TPSA) is 29.5 Å². The van der Waals surface area contributed by atoms with Gasteiger partial charge in [-0.15, -0.1) is 0 Å². The Hall–Kier alpha value is -0.660. The number of ether oxygens (including phenoxy) is 1. The van der Waals surface area contributed by atoms with E-state index in [1.807, 2.05) is 0 Å². The van der Waals surface area contributed by atoms with Crippen LogP contribution in [-0.4, -0.2) is 30.6 Å². The van der Waals surface area contributed by atoms with E-state index < -0.39 is 31.3 Å². The molecule has 0 aliphatic heterocycles. The SMILES string of the molecule is OC(COCC(F)(F)F)Cc1cc(F)ccc1Br. The van der Waals surface area contributed by atoms with E-state index in [1.165, 1.54) is 18.2 Å². The van der Waals surface area contributed by atoms with Crippen molar-refractivity contribution in [1.29, 1.82) is 0 Å². The fourth-order valence-corrected chi connectivity index (χ4v) is 1.73. The van der Waals surface area contributed by atoms with Gasteiger partial charge in [-0.3, -0.25) is 0 Å². The van der Waals surface area contributed by atoms with Crippen molar-refractivity contribution in [3.8, 4) is 0 Å². The molecule has 2 nitrogen and oxygen atoms in total. The predicted octanol–water partition coefficient (Wildman–Crippen LogP) is 3.07. The van der Waals surface area contributed by atoms with Gasteiger partial charge in [0.1, 0.15) is 12.4 Å². The van der Waals surface area contributed by atoms with E-state index in [9.17, 15) is 22.7 Å². The molecule has 0 bridgehead atoms. The van der Waals surface area contributed by atoms with Crippen LogP contribution in [0.25, 0.3) is 0 Å². The van der Waals surface area contributed by atoms with Gasteiger partial charge in [0, 0.05) is 10.9 Å². The van der Waals surface area contributed by atoms with E-state index in [0.29, 0.717) is 10.0 Å². The molecule has 0 amide bonds. The van der Waals surface area contributed by atoms with Crippen LogP contribution < -0.4 is 0 Å². The van der Waals surface area contributed by atoms with Gasteiger partial charge in [0.05, 0.1) is 12.7 Å². The molecule has 1 N–H and O–H groups in total. The van der Waals surface area contributed by atoms with Gasteiger partial charge in [-0.2, -0.15) is 13.2 Å². The van der Waals surface area contributed by atoms with Crippen LogP contribution in [0.2, 0.25) is 0 Å². The molecule has 0 radical (unpaired) electrons. The molecule has 18 heavy (non-hydrogen) atoms. The third-order valence-corrected chi connectivity index (χ3v) is 2.81. The first-order valence-corrected chi connectivity index (χ1v) is 5.84. The number of aliphatic hydroxyl groups is 1. The average molecular weight is 331 g/mol. The minimum Gasteiger partial charge on any atom is -0.390 e. The second-order valence-corrected chi connectivity index (χ2v) is 4.58. The van der Waals surface area contributed by atoms with Crippen LogP contribution in [0.5, 0.6) is 0 Å². The van der Waals surface area contributed by atoms with Crippen LogP contribution in [0, 0.1) is 5.82 Å². The van der Waals surface area contributed by atoms with Crippen molar-refractivity contribution in [2.24, 2.45) is 0 Å². The Morgan fingerprint density at radius 1 is 1.33 bits per heavy atom. The molecule has 102 valence electrons. The van der Waals surface area contributed by atoms with Crippen LogP contribution in [0.3, 0.4) is 0 Å². The summed E-state index contributed by atoms with van der Waals surface area (Å²) in [5.74, 6) is -0.475. The Labute approximate surface area is 110 Å². The molecular formula is C11H11BrF4O2. The van der Waals surface area contributed by atoms with Crippen molar-refractivity contribution in [2.45, 2.75) is 18.7 Å². The lowest BCUT2D eigenvalue weighted by molar-refractivity contribution is -0.179. The number of hydrogen-bond donors (Lipinski definition) is 1. The summed E-state index contributed by atoms with van der Waals surface area (Å²) in [5, 5.41) is 9.48. The van der Waals surface area contributed by atoms with Crippen LogP contribution in [0.1, 0.15) is 5.56 Å². The summed E-state index contributed by atoms with van der Waals surface area (Å²) in [6.45, 7) is -1.86. The maximum atomic E-state index is 12.9. The van der Waals surface area contributed by atoms with Crippen molar-refractivity contribution >= 4 is 15.9 Å². The number of aliphatic hydroxyl groups excluding tert-OH is 1. The van der Waals surface area contributed by atoms with Gasteiger partial charge in [0.15, 0.2) is 0 Å². The molecule has 1 rings (SSSR count). The second kappa shape index (κ2) is 6.49. The molecule has 0 saturated heterocycles. The molecule has 7 heteroatoms. The molecule has 1 aromatic rings. The molecule has 1 aromatic carbocycles. The zero-order valence-electron chi connectivity index (χ0n) is 9.18. The van der Waals surface area contributed by atoms with Gasteiger partial charge in [0.25, 0.3) is 0 Å². The Bertz CT molecular complexity index is 395. The Morgan fingerprint density at radius 2 is 2.00 bits per heavy atom. The van der Waals surface area contributed by atoms with Crippen molar-refractivity contribution in [3.63, 3.8) is 0 Å². The van der Waals surface area contributed by atoms with Crippen molar-refractivity contribution in [2.75, 3.05) is 13.2 Å². The maximum absolute atomic E-state index is 12.9. The van der Waals surface area contributed by atoms with E-state index in [4.69, 9.17) is 0 Å². The normalized spacial score (nSPS) is 13.7. The van der Waals surface area contributed by atoms with Crippen LogP contribution in [0.15, 0.2) is 22.7 Å². The number of hydrogen-bond acceptors (Lipinski definition) is 2. The van der Waals surface area contributed by atoms with Gasteiger partial charge in [-0.05, 0) is 23.8 Å². The summed E-state index contributed by atoms with van der Waals surface area (Å²) >= 11 is 3.16. The number of rotatable bonds is 5. The molecule has 0 fully saturated rings. The summed E-state index contributed by atoms with van der Waals surface area (Å²) in [6.07, 6.45) is -5.53. The van der Waals surface area contributed by atoms with Gasteiger partial charge < -0.3 is 9.84 Å². The van der Waals surface area contributed by atoms with E-state index in [1.54, 1.807) is 0 Å². The van der Waals surface area contributed by atoms with E-state index in [0.717, 1.165) is 0 Å². The van der Waals surface area contributed by atoms with Crippen LogP contribution in [-0.2, 0) is 11.2 Å². The van der Waals surface area contributed by atoms with Crippen molar-refractivity contribution in [1.82, 2.24) is 0 Å². The molecule has 0 aromatic heterocycles. The molecule has 0 spiro atoms.